The molecule has 2 atom stereocenters. The first-order valence-electron chi connectivity index (χ1n) is 5.41. The third kappa shape index (κ3) is 2.21. The Morgan fingerprint density at radius 1 is 1.20 bits per heavy atom. The first-order valence-corrected chi connectivity index (χ1v) is 5.41. The van der Waals surface area contributed by atoms with Crippen LogP contribution in [0.25, 0.3) is 0 Å². The normalized spacial score (nSPS) is 30.1. The maximum absolute atomic E-state index is 5.87. The minimum absolute atomic E-state index is 0.102. The molecular weight excluding hydrogens is 188 g/mol. The summed E-state index contributed by atoms with van der Waals surface area (Å²) in [6, 6.07) is 10.1. The monoisotopic (exact) mass is 206 g/mol. The predicted octanol–water partition coefficient (Wildman–Crippen LogP) is 3.15. The molecule has 1 heterocycles. The van der Waals surface area contributed by atoms with E-state index in [1.54, 1.807) is 0 Å². The van der Waals surface area contributed by atoms with Crippen molar-refractivity contribution in [1.82, 2.24) is 0 Å². The van der Waals surface area contributed by atoms with E-state index in [1.807, 2.05) is 30.3 Å². The molecule has 15 heavy (non-hydrogen) atoms. The van der Waals surface area contributed by atoms with Gasteiger partial charge in [0.15, 0.2) is 6.29 Å². The zero-order chi connectivity index (χ0) is 10.9. The average molecular weight is 206 g/mol. The number of rotatable bonds is 1. The van der Waals surface area contributed by atoms with E-state index in [0.717, 1.165) is 12.2 Å². The molecule has 1 aromatic carbocycles. The van der Waals surface area contributed by atoms with Crippen molar-refractivity contribution in [3.63, 3.8) is 0 Å². The zero-order valence-electron chi connectivity index (χ0n) is 9.57. The molecule has 1 saturated heterocycles. The molecule has 0 bridgehead atoms. The van der Waals surface area contributed by atoms with Gasteiger partial charge in [-0.1, -0.05) is 44.2 Å². The fraction of sp³-hybridized carbons (Fsp3) is 0.538. The Morgan fingerprint density at radius 3 is 2.47 bits per heavy atom. The molecule has 1 aromatic rings. The van der Waals surface area contributed by atoms with Gasteiger partial charge in [-0.2, -0.15) is 0 Å². The van der Waals surface area contributed by atoms with Crippen LogP contribution in [-0.4, -0.2) is 12.7 Å². The van der Waals surface area contributed by atoms with Gasteiger partial charge in [0, 0.05) is 11.0 Å². The van der Waals surface area contributed by atoms with Crippen molar-refractivity contribution in [3.8, 4) is 0 Å². The summed E-state index contributed by atoms with van der Waals surface area (Å²) in [6.45, 7) is 7.18. The summed E-state index contributed by atoms with van der Waals surface area (Å²) < 4.78 is 11.6. The van der Waals surface area contributed by atoms with E-state index in [4.69, 9.17) is 9.47 Å². The molecular formula is C13H18O2. The SMILES string of the molecule is C[C@H]1O[C@H](c2ccccc2)OCC1(C)C. The van der Waals surface area contributed by atoms with Gasteiger partial charge >= 0.3 is 0 Å². The second-order valence-electron chi connectivity index (χ2n) is 4.82. The number of hydrogen-bond acceptors (Lipinski definition) is 2. The fourth-order valence-corrected chi connectivity index (χ4v) is 1.60. The fourth-order valence-electron chi connectivity index (χ4n) is 1.60. The van der Waals surface area contributed by atoms with E-state index in [1.165, 1.54) is 0 Å². The molecule has 0 aromatic heterocycles. The van der Waals surface area contributed by atoms with E-state index in [2.05, 4.69) is 20.8 Å². The highest BCUT2D eigenvalue weighted by atomic mass is 16.7. The highest BCUT2D eigenvalue weighted by Crippen LogP contribution is 2.35. The van der Waals surface area contributed by atoms with Crippen LogP contribution in [0.15, 0.2) is 30.3 Å². The second kappa shape index (κ2) is 3.95. The van der Waals surface area contributed by atoms with Gasteiger partial charge in [0.25, 0.3) is 0 Å². The maximum Gasteiger partial charge on any atom is 0.184 e. The van der Waals surface area contributed by atoms with Crippen LogP contribution in [0.1, 0.15) is 32.6 Å². The lowest BCUT2D eigenvalue weighted by Crippen LogP contribution is -2.40. The van der Waals surface area contributed by atoms with Crippen LogP contribution >= 0.6 is 0 Å². The topological polar surface area (TPSA) is 18.5 Å². The molecule has 1 aliphatic heterocycles. The Bertz CT molecular complexity index is 319. The first kappa shape index (κ1) is 10.7. The summed E-state index contributed by atoms with van der Waals surface area (Å²) in [5.41, 5.74) is 1.20. The van der Waals surface area contributed by atoms with Gasteiger partial charge in [-0.15, -0.1) is 0 Å². The molecule has 2 rings (SSSR count). The summed E-state index contributed by atoms with van der Waals surface area (Å²) in [7, 11) is 0. The van der Waals surface area contributed by atoms with Crippen molar-refractivity contribution in [2.24, 2.45) is 5.41 Å². The Labute approximate surface area is 91.2 Å². The van der Waals surface area contributed by atoms with Crippen molar-refractivity contribution in [1.29, 1.82) is 0 Å². The van der Waals surface area contributed by atoms with Gasteiger partial charge in [-0.25, -0.2) is 0 Å². The highest BCUT2D eigenvalue weighted by molar-refractivity contribution is 5.16. The number of ether oxygens (including phenoxy) is 2. The van der Waals surface area contributed by atoms with E-state index in [-0.39, 0.29) is 17.8 Å². The van der Waals surface area contributed by atoms with Gasteiger partial charge in [0.2, 0.25) is 0 Å². The second-order valence-corrected chi connectivity index (χ2v) is 4.82. The molecule has 1 aliphatic rings. The van der Waals surface area contributed by atoms with Crippen molar-refractivity contribution in [3.05, 3.63) is 35.9 Å². The summed E-state index contributed by atoms with van der Waals surface area (Å²) >= 11 is 0. The van der Waals surface area contributed by atoms with E-state index in [9.17, 15) is 0 Å². The zero-order valence-corrected chi connectivity index (χ0v) is 9.57. The molecule has 0 radical (unpaired) electrons. The maximum atomic E-state index is 5.87. The Hall–Kier alpha value is -0.860. The summed E-state index contributed by atoms with van der Waals surface area (Å²) in [4.78, 5) is 0. The molecule has 2 heteroatoms. The summed E-state index contributed by atoms with van der Waals surface area (Å²) in [5, 5.41) is 0. The lowest BCUT2D eigenvalue weighted by molar-refractivity contribution is -0.259. The summed E-state index contributed by atoms with van der Waals surface area (Å²) in [6.07, 6.45) is 0.0191. The van der Waals surface area contributed by atoms with Crippen molar-refractivity contribution in [2.45, 2.75) is 33.2 Å². The standard InChI is InChI=1S/C13H18O2/c1-10-13(2,3)9-14-12(15-10)11-7-5-4-6-8-11/h4-8,10,12H,9H2,1-3H3/t10-,12-/m1/s1. The van der Waals surface area contributed by atoms with Crippen molar-refractivity contribution >= 4 is 0 Å². The van der Waals surface area contributed by atoms with Crippen LogP contribution < -0.4 is 0 Å². The van der Waals surface area contributed by atoms with Gasteiger partial charge in [0.1, 0.15) is 0 Å². The molecule has 2 nitrogen and oxygen atoms in total. The van der Waals surface area contributed by atoms with Gasteiger partial charge in [-0.3, -0.25) is 0 Å². The largest absolute Gasteiger partial charge is 0.348 e. The van der Waals surface area contributed by atoms with E-state index >= 15 is 0 Å². The van der Waals surface area contributed by atoms with E-state index in [0.29, 0.717) is 0 Å². The lowest BCUT2D eigenvalue weighted by Gasteiger charge is -2.40. The quantitative estimate of drug-likeness (QED) is 0.702. The van der Waals surface area contributed by atoms with E-state index < -0.39 is 0 Å². The third-order valence-electron chi connectivity index (χ3n) is 3.11. The molecule has 0 saturated carbocycles. The Morgan fingerprint density at radius 2 is 1.87 bits per heavy atom. The smallest absolute Gasteiger partial charge is 0.184 e. The molecule has 0 spiro atoms. The molecule has 0 amide bonds. The molecule has 0 unspecified atom stereocenters. The number of benzene rings is 1. The van der Waals surface area contributed by atoms with Crippen LogP contribution in [0.3, 0.4) is 0 Å². The minimum Gasteiger partial charge on any atom is -0.348 e. The van der Waals surface area contributed by atoms with Crippen LogP contribution in [0, 0.1) is 5.41 Å². The van der Waals surface area contributed by atoms with Crippen LogP contribution in [-0.2, 0) is 9.47 Å². The van der Waals surface area contributed by atoms with Gasteiger partial charge < -0.3 is 9.47 Å². The van der Waals surface area contributed by atoms with Crippen molar-refractivity contribution in [2.75, 3.05) is 6.61 Å². The average Bonchev–Trinajstić information content (AvgIpc) is 2.23. The third-order valence-corrected chi connectivity index (χ3v) is 3.11. The summed E-state index contributed by atoms with van der Waals surface area (Å²) in [5.74, 6) is 0. The first-order chi connectivity index (χ1) is 7.09. The van der Waals surface area contributed by atoms with Gasteiger partial charge in [0.05, 0.1) is 12.7 Å². The minimum atomic E-state index is -0.200. The Balaban J connectivity index is 2.10. The van der Waals surface area contributed by atoms with Crippen molar-refractivity contribution < 1.29 is 9.47 Å². The highest BCUT2D eigenvalue weighted by Gasteiger charge is 2.35. The van der Waals surface area contributed by atoms with Crippen LogP contribution in [0.5, 0.6) is 0 Å². The van der Waals surface area contributed by atoms with Crippen LogP contribution in [0.4, 0.5) is 0 Å². The molecule has 0 aliphatic carbocycles. The Kier molecular flexibility index (Phi) is 2.81. The molecule has 1 fully saturated rings. The molecule has 0 N–H and O–H groups in total. The molecule has 82 valence electrons. The number of hydrogen-bond donors (Lipinski definition) is 0. The lowest BCUT2D eigenvalue weighted by atomic mass is 9.87. The van der Waals surface area contributed by atoms with Gasteiger partial charge in [-0.05, 0) is 6.92 Å². The van der Waals surface area contributed by atoms with Crippen LogP contribution in [0.2, 0.25) is 0 Å². The predicted molar refractivity (Wildman–Crippen MR) is 59.5 cm³/mol.